The highest BCUT2D eigenvalue weighted by atomic mass is 32.2. The molecule has 6 heterocycles. The number of ether oxygens (including phenoxy) is 3. The number of carboxylic acid groups (broad SMARTS) is 1. The number of urea groups is 1. The first kappa shape index (κ1) is 82.2. The lowest BCUT2D eigenvalue weighted by Crippen LogP contribution is -2.64. The van der Waals surface area contributed by atoms with Crippen molar-refractivity contribution in [3.8, 4) is 11.1 Å². The number of nitrogens with zero attached hydrogens (tertiary/aromatic N) is 8. The van der Waals surface area contributed by atoms with Gasteiger partial charge in [-0.25, -0.2) is 24.4 Å². The maximum atomic E-state index is 14.1. The number of carbonyl (C=O) groups is 10. The summed E-state index contributed by atoms with van der Waals surface area (Å²) in [6.45, 7) is 8.62. The van der Waals surface area contributed by atoms with Crippen molar-refractivity contribution in [2.24, 2.45) is 27.9 Å². The molecule has 0 radical (unpaired) electrons. The number of amides is 10. The second-order valence-electron chi connectivity index (χ2n) is 31.4. The number of imide groups is 1. The molecule has 13 rings (SSSR count). The number of hydrogen-bond acceptors (Lipinski definition) is 22. The summed E-state index contributed by atoms with van der Waals surface area (Å²) in [5.74, 6) is -8.00. The maximum absolute atomic E-state index is 14.1. The van der Waals surface area contributed by atoms with E-state index < -0.39 is 141 Å². The molecule has 604 valence electrons. The van der Waals surface area contributed by atoms with Gasteiger partial charge in [0.25, 0.3) is 38.0 Å². The van der Waals surface area contributed by atoms with Crippen molar-refractivity contribution in [2.45, 2.75) is 148 Å². The van der Waals surface area contributed by atoms with Crippen molar-refractivity contribution in [1.29, 1.82) is 0 Å². The summed E-state index contributed by atoms with van der Waals surface area (Å²) >= 11 is 1.39. The molecule has 7 aliphatic rings. The number of carbonyl (C=O) groups excluding carboxylic acids is 9. The molecule has 1 saturated heterocycles. The number of benzene rings is 3. The molecular formula is C76H92N14O20S3. The Morgan fingerprint density at radius 3 is 2.19 bits per heavy atom. The average Bonchev–Trinajstić information content (AvgIpc) is 0.931. The Morgan fingerprint density at radius 2 is 1.51 bits per heavy atom. The van der Waals surface area contributed by atoms with Crippen molar-refractivity contribution >= 4 is 118 Å². The fourth-order valence-corrected chi connectivity index (χ4v) is 19.6. The van der Waals surface area contributed by atoms with Gasteiger partial charge in [-0.3, -0.25) is 57.6 Å². The number of fused-ring (bicyclic) bond motifs is 2. The Labute approximate surface area is 655 Å². The first-order valence-corrected chi connectivity index (χ1v) is 41.2. The fourth-order valence-electron chi connectivity index (χ4n) is 18.0. The molecule has 113 heavy (non-hydrogen) atoms. The van der Waals surface area contributed by atoms with Gasteiger partial charge in [0.05, 0.1) is 65.9 Å². The number of rotatable bonds is 34. The number of aromatic carboxylic acids is 1. The number of carboxylic acids is 1. The van der Waals surface area contributed by atoms with Gasteiger partial charge < -0.3 is 61.0 Å². The highest BCUT2D eigenvalue weighted by Gasteiger charge is 2.66. The highest BCUT2D eigenvalue weighted by Crippen LogP contribution is 2.72. The van der Waals surface area contributed by atoms with E-state index in [4.69, 9.17) is 30.0 Å². The number of nitrogens with two attached hydrogens (primary N) is 1. The molecule has 10 N–H and O–H groups in total. The third-order valence-corrected chi connectivity index (χ3v) is 24.2. The Hall–Kier alpha value is -10.3. The summed E-state index contributed by atoms with van der Waals surface area (Å²) in [6.07, 6.45) is 8.03. The SMILES string of the molecule is Cc1c(-c2ccc(N3CCc4cccc(C(=O)Nc5nc6ccccc6s5)c4C3)nc2C(=O)O)cnn1CC12CC3(C)CC(C)(C1)CC(OCCN(CCS(=O)(=O)O)C(=O)OCc1ccc(NC(=O)[C@H](CCCNC(N)=O)NC(=O)[C@@H](NC(=O)CN4C(=O)C(N5C(=O)C=CC5=O)C[C@H]4COCCS(=O)(=O)O)C(C)C)cc1)(C3)C2. The molecule has 10 amide bonds. The average molecular weight is 1620 g/mol. The second kappa shape index (κ2) is 33.4. The van der Waals surface area contributed by atoms with Crippen LogP contribution in [0.5, 0.6) is 0 Å². The Bertz CT molecular complexity index is 4920. The van der Waals surface area contributed by atoms with Crippen molar-refractivity contribution in [3.63, 3.8) is 0 Å². The van der Waals surface area contributed by atoms with Gasteiger partial charge in [0.15, 0.2) is 10.8 Å². The van der Waals surface area contributed by atoms with E-state index in [0.29, 0.717) is 65.7 Å². The number of thiazole rings is 1. The molecule has 3 aliphatic heterocycles. The summed E-state index contributed by atoms with van der Waals surface area (Å²) in [6, 6.07) is 17.2. The van der Waals surface area contributed by atoms with Gasteiger partial charge in [0.1, 0.15) is 30.6 Å². The lowest BCUT2D eigenvalue weighted by Gasteiger charge is -2.69. The molecule has 3 aromatic carbocycles. The van der Waals surface area contributed by atoms with Gasteiger partial charge in [-0.15, -0.1) is 0 Å². The van der Waals surface area contributed by atoms with Gasteiger partial charge >= 0.3 is 18.1 Å². The molecule has 4 bridgehead atoms. The lowest BCUT2D eigenvalue weighted by atomic mass is 9.39. The topological polar surface area (TPSA) is 470 Å². The van der Waals surface area contributed by atoms with Gasteiger partial charge in [-0.2, -0.15) is 21.9 Å². The van der Waals surface area contributed by atoms with Crippen LogP contribution in [-0.4, -0.2) is 219 Å². The van der Waals surface area contributed by atoms with Gasteiger partial charge in [0, 0.05) is 85.9 Å². The van der Waals surface area contributed by atoms with Crippen molar-refractivity contribution < 1.29 is 93.2 Å². The minimum atomic E-state index is -4.56. The third-order valence-electron chi connectivity index (χ3n) is 21.8. The van der Waals surface area contributed by atoms with E-state index in [1.165, 1.54) is 23.5 Å². The molecular weight excluding hydrogens is 1530 g/mol. The van der Waals surface area contributed by atoms with Crippen LogP contribution in [0.1, 0.15) is 129 Å². The van der Waals surface area contributed by atoms with Crippen LogP contribution in [0.25, 0.3) is 21.3 Å². The predicted octanol–water partition coefficient (Wildman–Crippen LogP) is 5.85. The summed E-state index contributed by atoms with van der Waals surface area (Å²) in [5, 5.41) is 29.6. The van der Waals surface area contributed by atoms with Crippen molar-refractivity contribution in [1.82, 2.24) is 50.4 Å². The zero-order valence-corrected chi connectivity index (χ0v) is 65.5. The number of anilines is 3. The molecule has 5 fully saturated rings. The van der Waals surface area contributed by atoms with Crippen LogP contribution < -0.4 is 37.2 Å². The van der Waals surface area contributed by atoms with E-state index in [1.54, 1.807) is 50.4 Å². The molecule has 4 aliphatic carbocycles. The molecule has 6 atom stereocenters. The first-order chi connectivity index (χ1) is 53.4. The van der Waals surface area contributed by atoms with Crippen LogP contribution in [0, 0.1) is 29.1 Å². The number of pyridine rings is 1. The molecule has 3 unspecified atom stereocenters. The first-order valence-electron chi connectivity index (χ1n) is 37.2. The van der Waals surface area contributed by atoms with Crippen LogP contribution in [-0.2, 0) is 89.3 Å². The second-order valence-corrected chi connectivity index (χ2v) is 35.5. The third kappa shape index (κ3) is 19.7. The number of likely N-dealkylation sites (tertiary alicyclic amines) is 1. The van der Waals surface area contributed by atoms with E-state index in [1.807, 2.05) is 52.9 Å². The lowest BCUT2D eigenvalue weighted by molar-refractivity contribution is -0.248. The molecule has 37 heteroatoms. The molecule has 34 nitrogen and oxygen atoms in total. The molecule has 3 aromatic heterocycles. The Kier molecular flexibility index (Phi) is 24.3. The number of para-hydroxylation sites is 1. The van der Waals surface area contributed by atoms with E-state index in [9.17, 15) is 79.0 Å². The summed E-state index contributed by atoms with van der Waals surface area (Å²) in [4.78, 5) is 148. The monoisotopic (exact) mass is 1620 g/mol. The summed E-state index contributed by atoms with van der Waals surface area (Å²) < 4.78 is 87.1. The molecule has 0 spiro atoms. The number of aromatic nitrogens is 4. The van der Waals surface area contributed by atoms with E-state index in [0.717, 1.165) is 86.0 Å². The van der Waals surface area contributed by atoms with Gasteiger partial charge in [-0.05, 0) is 146 Å². The van der Waals surface area contributed by atoms with Crippen LogP contribution in [0.4, 0.5) is 26.2 Å². The maximum Gasteiger partial charge on any atom is 0.410 e. The normalized spacial score (nSPS) is 22.3. The van der Waals surface area contributed by atoms with Crippen LogP contribution in [0.2, 0.25) is 0 Å². The smallest absolute Gasteiger partial charge is 0.410 e. The highest BCUT2D eigenvalue weighted by molar-refractivity contribution is 7.86. The number of nitrogens with one attached hydrogen (secondary N) is 5. The van der Waals surface area contributed by atoms with E-state index in [-0.39, 0.29) is 85.7 Å². The fraction of sp³-hybridized carbons (Fsp3) is 0.487. The van der Waals surface area contributed by atoms with Crippen LogP contribution in [0.3, 0.4) is 0 Å². The quantitative estimate of drug-likeness (QED) is 0.0130. The summed E-state index contributed by atoms with van der Waals surface area (Å²) in [5.41, 5.74) is 9.42. The van der Waals surface area contributed by atoms with E-state index in [2.05, 4.69) is 45.4 Å². The zero-order chi connectivity index (χ0) is 81.1. The number of primary amides is 1. The van der Waals surface area contributed by atoms with Crippen LogP contribution in [0.15, 0.2) is 97.2 Å². The molecule has 4 saturated carbocycles. The Balaban J connectivity index is 0.661. The minimum Gasteiger partial charge on any atom is -0.476 e. The zero-order valence-electron chi connectivity index (χ0n) is 63.0. The van der Waals surface area contributed by atoms with Gasteiger partial charge in [-0.1, -0.05) is 75.4 Å². The van der Waals surface area contributed by atoms with E-state index >= 15 is 0 Å². The Morgan fingerprint density at radius 1 is 0.796 bits per heavy atom. The van der Waals surface area contributed by atoms with Crippen molar-refractivity contribution in [3.05, 3.63) is 131 Å². The van der Waals surface area contributed by atoms with Gasteiger partial charge in [0.2, 0.25) is 23.6 Å². The summed E-state index contributed by atoms with van der Waals surface area (Å²) in [7, 11) is -8.98. The predicted molar refractivity (Wildman–Crippen MR) is 412 cm³/mol. The van der Waals surface area contributed by atoms with Crippen molar-refractivity contribution in [2.75, 3.05) is 79.6 Å². The standard InChI is InChI=1S/C76H92N14O20S3/c1-45(2)63(84-60(91)35-88-50(37-108-29-31-113(105,106)107)32-57(68(88)97)90-61(92)21-22-62(90)93)67(96)81-56(13-9-24-78-70(77)100)66(95)80-49-17-15-47(16-18-49)36-109-72(101)86(27-30-112(102,103)104)26-28-110-76-41-73(4)38-74(5,42-76)40-75(39-73,43-76)44-89-46(3)53(33-79-89)51-19-20-59(83-64(51)69(98)99)87-25-23-48-10-8-11-52(54(48)34-87)65(94)85-71-82-55-12-6-7-14-58(55)111-71/h6-8,10-12,14-22,33,45,50,56-57,63H,9,13,23-32,34-44H2,1-5H3,(H,80,95)(H,81,96)(H,84,91)(H,98,99)(H3,77,78,100)(H,82,85,94)(H,102,103,104)(H,105,106,107)/t50-,56-,57?,63-,73?,74?,75?,76?/m0/s1. The minimum absolute atomic E-state index is 0.0105. The largest absolute Gasteiger partial charge is 0.476 e. The molecule has 6 aromatic rings. The number of hydrogen-bond donors (Lipinski definition) is 9. The van der Waals surface area contributed by atoms with Crippen LogP contribution >= 0.6 is 11.3 Å².